The minimum absolute atomic E-state index is 0.00648. The standard InChI is InChI=1S/C11H14F2O4/c1-16-9(14)8(10(15)17-2)7-3-5-11(12,13)6-4-7/h3-6H2,1-2H3. The molecule has 0 atom stereocenters. The number of hydrogen-bond acceptors (Lipinski definition) is 4. The quantitative estimate of drug-likeness (QED) is 0.324. The Morgan fingerprint density at radius 3 is 1.82 bits per heavy atom. The van der Waals surface area contributed by atoms with E-state index in [-0.39, 0.29) is 31.3 Å². The predicted octanol–water partition coefficient (Wildman–Crippen LogP) is 1.84. The Morgan fingerprint density at radius 2 is 1.47 bits per heavy atom. The van der Waals surface area contributed by atoms with Gasteiger partial charge in [-0.25, -0.2) is 18.4 Å². The van der Waals surface area contributed by atoms with Crippen LogP contribution in [0.4, 0.5) is 8.78 Å². The normalized spacial score (nSPS) is 18.5. The summed E-state index contributed by atoms with van der Waals surface area (Å²) in [5, 5.41) is 0. The molecule has 1 saturated carbocycles. The summed E-state index contributed by atoms with van der Waals surface area (Å²) in [5.41, 5.74) is 0.139. The van der Waals surface area contributed by atoms with Crippen molar-refractivity contribution in [3.63, 3.8) is 0 Å². The summed E-state index contributed by atoms with van der Waals surface area (Å²) in [6.45, 7) is 0. The van der Waals surface area contributed by atoms with Crippen LogP contribution < -0.4 is 0 Å². The molecule has 1 fully saturated rings. The van der Waals surface area contributed by atoms with Crippen molar-refractivity contribution in [3.05, 3.63) is 11.1 Å². The maximum Gasteiger partial charge on any atom is 0.345 e. The summed E-state index contributed by atoms with van der Waals surface area (Å²) in [6, 6.07) is 0. The third kappa shape index (κ3) is 3.25. The summed E-state index contributed by atoms with van der Waals surface area (Å²) in [5.74, 6) is -4.39. The van der Waals surface area contributed by atoms with E-state index < -0.39 is 17.9 Å². The molecule has 1 aliphatic carbocycles. The van der Waals surface area contributed by atoms with Gasteiger partial charge in [-0.1, -0.05) is 0 Å². The molecule has 0 N–H and O–H groups in total. The predicted molar refractivity (Wildman–Crippen MR) is 54.5 cm³/mol. The van der Waals surface area contributed by atoms with E-state index in [4.69, 9.17) is 0 Å². The van der Waals surface area contributed by atoms with Gasteiger partial charge in [-0.15, -0.1) is 0 Å². The highest BCUT2D eigenvalue weighted by Gasteiger charge is 2.36. The Labute approximate surface area is 97.6 Å². The molecule has 17 heavy (non-hydrogen) atoms. The van der Waals surface area contributed by atoms with Crippen LogP contribution in [0.5, 0.6) is 0 Å². The second-order valence-corrected chi connectivity index (χ2v) is 3.82. The summed E-state index contributed by atoms with van der Waals surface area (Å²) in [6.07, 6.45) is -0.710. The van der Waals surface area contributed by atoms with E-state index in [1.54, 1.807) is 0 Å². The molecule has 0 unspecified atom stereocenters. The molecule has 96 valence electrons. The lowest BCUT2D eigenvalue weighted by Crippen LogP contribution is -2.25. The smallest absolute Gasteiger partial charge is 0.345 e. The topological polar surface area (TPSA) is 52.6 Å². The molecule has 0 amide bonds. The Bertz CT molecular complexity index is 330. The Morgan fingerprint density at radius 1 is 1.06 bits per heavy atom. The van der Waals surface area contributed by atoms with Crippen LogP contribution in [0.25, 0.3) is 0 Å². The molecule has 4 nitrogen and oxygen atoms in total. The van der Waals surface area contributed by atoms with Gasteiger partial charge in [0.05, 0.1) is 14.2 Å². The van der Waals surface area contributed by atoms with Gasteiger partial charge in [-0.05, 0) is 18.4 Å². The molecule has 0 aromatic rings. The first kappa shape index (κ1) is 13.6. The number of allylic oxidation sites excluding steroid dienone is 1. The third-order valence-corrected chi connectivity index (χ3v) is 2.72. The number of rotatable bonds is 2. The van der Waals surface area contributed by atoms with E-state index in [1.807, 2.05) is 0 Å². The summed E-state index contributed by atoms with van der Waals surface area (Å²) in [4.78, 5) is 22.8. The van der Waals surface area contributed by atoms with Crippen molar-refractivity contribution in [2.24, 2.45) is 0 Å². The van der Waals surface area contributed by atoms with Crippen molar-refractivity contribution in [3.8, 4) is 0 Å². The van der Waals surface area contributed by atoms with Gasteiger partial charge in [-0.3, -0.25) is 0 Å². The van der Waals surface area contributed by atoms with Crippen LogP contribution in [0.1, 0.15) is 25.7 Å². The van der Waals surface area contributed by atoms with Crippen LogP contribution in [0.3, 0.4) is 0 Å². The van der Waals surface area contributed by atoms with E-state index in [0.717, 1.165) is 14.2 Å². The number of esters is 2. The molecule has 1 aliphatic rings. The van der Waals surface area contributed by atoms with Gasteiger partial charge >= 0.3 is 11.9 Å². The summed E-state index contributed by atoms with van der Waals surface area (Å²) >= 11 is 0. The monoisotopic (exact) mass is 248 g/mol. The van der Waals surface area contributed by atoms with Crippen molar-refractivity contribution in [1.29, 1.82) is 0 Å². The molecule has 0 bridgehead atoms. The van der Waals surface area contributed by atoms with Gasteiger partial charge in [0.2, 0.25) is 5.92 Å². The maximum absolute atomic E-state index is 13.0. The lowest BCUT2D eigenvalue weighted by atomic mass is 9.88. The molecule has 0 spiro atoms. The highest BCUT2D eigenvalue weighted by Crippen LogP contribution is 2.37. The highest BCUT2D eigenvalue weighted by molar-refractivity contribution is 6.14. The first-order chi connectivity index (χ1) is 7.91. The summed E-state index contributed by atoms with van der Waals surface area (Å²) < 4.78 is 34.8. The van der Waals surface area contributed by atoms with E-state index >= 15 is 0 Å². The van der Waals surface area contributed by atoms with Crippen LogP contribution in [-0.2, 0) is 19.1 Å². The maximum atomic E-state index is 13.0. The van der Waals surface area contributed by atoms with Crippen LogP contribution in [0.15, 0.2) is 11.1 Å². The number of alkyl halides is 2. The summed E-state index contributed by atoms with van der Waals surface area (Å²) in [7, 11) is 2.26. The largest absolute Gasteiger partial charge is 0.465 e. The number of hydrogen-bond donors (Lipinski definition) is 0. The lowest BCUT2D eigenvalue weighted by molar-refractivity contribution is -0.144. The molecule has 0 heterocycles. The van der Waals surface area contributed by atoms with E-state index in [2.05, 4.69) is 9.47 Å². The van der Waals surface area contributed by atoms with Crippen LogP contribution >= 0.6 is 0 Å². The zero-order chi connectivity index (χ0) is 13.1. The Hall–Kier alpha value is -1.46. The van der Waals surface area contributed by atoms with Gasteiger partial charge in [-0.2, -0.15) is 0 Å². The van der Waals surface area contributed by atoms with Crippen molar-refractivity contribution >= 4 is 11.9 Å². The molecule has 6 heteroatoms. The fraction of sp³-hybridized carbons (Fsp3) is 0.636. The molecule has 0 saturated heterocycles. The second kappa shape index (κ2) is 5.25. The lowest BCUT2D eigenvalue weighted by Gasteiger charge is -2.24. The number of ether oxygens (including phenoxy) is 2. The van der Waals surface area contributed by atoms with Crippen LogP contribution in [0, 0.1) is 0 Å². The van der Waals surface area contributed by atoms with Crippen molar-refractivity contribution in [2.75, 3.05) is 14.2 Å². The average molecular weight is 248 g/mol. The van der Waals surface area contributed by atoms with Gasteiger partial charge in [0.1, 0.15) is 5.57 Å². The fourth-order valence-electron chi connectivity index (χ4n) is 1.74. The molecule has 0 aliphatic heterocycles. The minimum Gasteiger partial charge on any atom is -0.465 e. The zero-order valence-corrected chi connectivity index (χ0v) is 9.72. The molecule has 1 rings (SSSR count). The van der Waals surface area contributed by atoms with Crippen LogP contribution in [-0.4, -0.2) is 32.1 Å². The number of halogens is 2. The van der Waals surface area contributed by atoms with Gasteiger partial charge in [0.25, 0.3) is 0 Å². The van der Waals surface area contributed by atoms with Gasteiger partial charge in [0.15, 0.2) is 0 Å². The number of methoxy groups -OCH3 is 2. The first-order valence-electron chi connectivity index (χ1n) is 5.18. The molecule has 0 radical (unpaired) electrons. The molecule has 0 aromatic heterocycles. The average Bonchev–Trinajstić information content (AvgIpc) is 2.30. The van der Waals surface area contributed by atoms with Crippen molar-refractivity contribution < 1.29 is 27.8 Å². The van der Waals surface area contributed by atoms with Crippen molar-refractivity contribution in [1.82, 2.24) is 0 Å². The molecular formula is C11H14F2O4. The minimum atomic E-state index is -2.72. The number of carbonyl (C=O) groups is 2. The number of carbonyl (C=O) groups excluding carboxylic acids is 2. The van der Waals surface area contributed by atoms with Crippen molar-refractivity contribution in [2.45, 2.75) is 31.6 Å². The SMILES string of the molecule is COC(=O)C(C(=O)OC)=C1CCC(F)(F)CC1. The first-order valence-corrected chi connectivity index (χ1v) is 5.18. The van der Waals surface area contributed by atoms with E-state index in [9.17, 15) is 18.4 Å². The fourth-order valence-corrected chi connectivity index (χ4v) is 1.74. The van der Waals surface area contributed by atoms with Gasteiger partial charge in [0, 0.05) is 12.8 Å². The van der Waals surface area contributed by atoms with E-state index in [1.165, 1.54) is 0 Å². The molecule has 0 aromatic carbocycles. The third-order valence-electron chi connectivity index (χ3n) is 2.72. The molecular weight excluding hydrogens is 234 g/mol. The highest BCUT2D eigenvalue weighted by atomic mass is 19.3. The Kier molecular flexibility index (Phi) is 4.20. The second-order valence-electron chi connectivity index (χ2n) is 3.82. The van der Waals surface area contributed by atoms with Gasteiger partial charge < -0.3 is 9.47 Å². The van der Waals surface area contributed by atoms with E-state index in [0.29, 0.717) is 5.57 Å². The van der Waals surface area contributed by atoms with Crippen LogP contribution in [0.2, 0.25) is 0 Å². The Balaban J connectivity index is 2.97. The zero-order valence-electron chi connectivity index (χ0n) is 9.72.